The third-order valence-corrected chi connectivity index (χ3v) is 2.10. The zero-order chi connectivity index (χ0) is 14.5. The summed E-state index contributed by atoms with van der Waals surface area (Å²) >= 11 is 0. The molecular formula is C13H22O5. The van der Waals surface area contributed by atoms with Gasteiger partial charge in [0, 0.05) is 0 Å². The Hall–Kier alpha value is -1.36. The molecule has 0 aliphatic rings. The van der Waals surface area contributed by atoms with Gasteiger partial charge < -0.3 is 14.6 Å². The fraction of sp³-hybridized carbons (Fsp3) is 0.692. The molecule has 0 spiro atoms. The molecule has 0 radical (unpaired) electrons. The molecule has 0 fully saturated rings. The predicted octanol–water partition coefficient (Wildman–Crippen LogP) is 1.44. The van der Waals surface area contributed by atoms with Crippen LogP contribution in [0, 0.1) is 5.92 Å². The molecule has 0 rings (SSSR count). The Morgan fingerprint density at radius 1 is 1.28 bits per heavy atom. The standard InChI is InChI=1S/C13H22O5/c1-8(2)7-9(10(14)12(16)17-6)11(15)18-13(3,4)5/h9-10,14H,1,7H2,2-6H3/t9-,10+/m0/s1. The molecule has 0 unspecified atom stereocenters. The number of allylic oxidation sites excluding steroid dienone is 1. The fourth-order valence-electron chi connectivity index (χ4n) is 1.36. The van der Waals surface area contributed by atoms with Gasteiger partial charge in [0.25, 0.3) is 0 Å². The molecule has 5 nitrogen and oxygen atoms in total. The Kier molecular flexibility index (Phi) is 6.05. The summed E-state index contributed by atoms with van der Waals surface area (Å²) < 4.78 is 9.60. The largest absolute Gasteiger partial charge is 0.467 e. The fourth-order valence-corrected chi connectivity index (χ4v) is 1.36. The molecule has 0 saturated heterocycles. The van der Waals surface area contributed by atoms with Crippen molar-refractivity contribution in [2.75, 3.05) is 7.11 Å². The average molecular weight is 258 g/mol. The zero-order valence-electron chi connectivity index (χ0n) is 11.6. The highest BCUT2D eigenvalue weighted by molar-refractivity contribution is 5.84. The second-order valence-electron chi connectivity index (χ2n) is 5.27. The molecule has 0 aliphatic heterocycles. The Morgan fingerprint density at radius 3 is 2.11 bits per heavy atom. The number of carbonyl (C=O) groups excluding carboxylic acids is 2. The van der Waals surface area contributed by atoms with Crippen LogP contribution >= 0.6 is 0 Å². The van der Waals surface area contributed by atoms with Gasteiger partial charge in [0.05, 0.1) is 13.0 Å². The first-order chi connectivity index (χ1) is 8.08. The molecule has 5 heteroatoms. The maximum atomic E-state index is 11.9. The Bertz CT molecular complexity index is 327. The van der Waals surface area contributed by atoms with Crippen molar-refractivity contribution in [3.63, 3.8) is 0 Å². The predicted molar refractivity (Wildman–Crippen MR) is 66.8 cm³/mol. The van der Waals surface area contributed by atoms with Gasteiger partial charge in [-0.15, -0.1) is 6.58 Å². The van der Waals surface area contributed by atoms with Gasteiger partial charge in [0.2, 0.25) is 0 Å². The number of methoxy groups -OCH3 is 1. The van der Waals surface area contributed by atoms with Gasteiger partial charge in [0.1, 0.15) is 5.60 Å². The molecular weight excluding hydrogens is 236 g/mol. The van der Waals surface area contributed by atoms with Crippen LogP contribution < -0.4 is 0 Å². The van der Waals surface area contributed by atoms with E-state index in [0.29, 0.717) is 5.57 Å². The summed E-state index contributed by atoms with van der Waals surface area (Å²) in [6.45, 7) is 10.5. The van der Waals surface area contributed by atoms with Crippen molar-refractivity contribution in [1.82, 2.24) is 0 Å². The molecule has 0 aromatic carbocycles. The quantitative estimate of drug-likeness (QED) is 0.596. The average Bonchev–Trinajstić information content (AvgIpc) is 2.20. The molecule has 2 atom stereocenters. The van der Waals surface area contributed by atoms with Crippen LogP contribution in [0.2, 0.25) is 0 Å². The number of esters is 2. The second-order valence-corrected chi connectivity index (χ2v) is 5.27. The zero-order valence-corrected chi connectivity index (χ0v) is 11.6. The molecule has 0 aromatic rings. The second kappa shape index (κ2) is 6.54. The topological polar surface area (TPSA) is 72.8 Å². The minimum Gasteiger partial charge on any atom is -0.467 e. The van der Waals surface area contributed by atoms with E-state index in [2.05, 4.69) is 11.3 Å². The highest BCUT2D eigenvalue weighted by Crippen LogP contribution is 2.20. The normalized spacial score (nSPS) is 14.6. The highest BCUT2D eigenvalue weighted by atomic mass is 16.6. The summed E-state index contributed by atoms with van der Waals surface area (Å²) in [6.07, 6.45) is -1.37. The Labute approximate surface area is 108 Å². The molecule has 0 aromatic heterocycles. The molecule has 0 saturated carbocycles. The summed E-state index contributed by atoms with van der Waals surface area (Å²) in [7, 11) is 1.15. The van der Waals surface area contributed by atoms with E-state index in [9.17, 15) is 14.7 Å². The van der Waals surface area contributed by atoms with Gasteiger partial charge in [0.15, 0.2) is 6.10 Å². The number of ether oxygens (including phenoxy) is 2. The molecule has 0 aliphatic carbocycles. The van der Waals surface area contributed by atoms with Crippen LogP contribution in [0.25, 0.3) is 0 Å². The van der Waals surface area contributed by atoms with Gasteiger partial charge in [-0.25, -0.2) is 4.79 Å². The monoisotopic (exact) mass is 258 g/mol. The summed E-state index contributed by atoms with van der Waals surface area (Å²) in [5.41, 5.74) is -0.00548. The lowest BCUT2D eigenvalue weighted by molar-refractivity contribution is -0.171. The number of hydrogen-bond acceptors (Lipinski definition) is 5. The first-order valence-electron chi connectivity index (χ1n) is 5.71. The van der Waals surface area contributed by atoms with E-state index in [-0.39, 0.29) is 6.42 Å². The van der Waals surface area contributed by atoms with E-state index in [1.165, 1.54) is 0 Å². The molecule has 104 valence electrons. The molecule has 1 N–H and O–H groups in total. The number of aliphatic hydroxyl groups excluding tert-OH is 1. The first-order valence-corrected chi connectivity index (χ1v) is 5.71. The van der Waals surface area contributed by atoms with Crippen LogP contribution in [0.4, 0.5) is 0 Å². The van der Waals surface area contributed by atoms with E-state index in [0.717, 1.165) is 7.11 Å². The summed E-state index contributed by atoms with van der Waals surface area (Å²) in [4.78, 5) is 23.2. The van der Waals surface area contributed by atoms with Crippen molar-refractivity contribution in [2.45, 2.75) is 45.8 Å². The summed E-state index contributed by atoms with van der Waals surface area (Å²) in [6, 6.07) is 0. The molecule has 0 bridgehead atoms. The van der Waals surface area contributed by atoms with Crippen LogP contribution in [0.3, 0.4) is 0 Å². The molecule has 0 amide bonds. The maximum absolute atomic E-state index is 11.9. The van der Waals surface area contributed by atoms with Crippen molar-refractivity contribution in [3.8, 4) is 0 Å². The summed E-state index contributed by atoms with van der Waals surface area (Å²) in [5.74, 6) is -2.48. The minimum absolute atomic E-state index is 0.172. The van der Waals surface area contributed by atoms with Gasteiger partial charge >= 0.3 is 11.9 Å². The van der Waals surface area contributed by atoms with Crippen molar-refractivity contribution in [3.05, 3.63) is 12.2 Å². The summed E-state index contributed by atoms with van der Waals surface area (Å²) in [5, 5.41) is 9.78. The Balaban J connectivity index is 4.93. The Morgan fingerprint density at radius 2 is 1.78 bits per heavy atom. The minimum atomic E-state index is -1.54. The van der Waals surface area contributed by atoms with Crippen molar-refractivity contribution in [1.29, 1.82) is 0 Å². The van der Waals surface area contributed by atoms with E-state index in [1.54, 1.807) is 27.7 Å². The first kappa shape index (κ1) is 16.6. The van der Waals surface area contributed by atoms with Crippen molar-refractivity contribution < 1.29 is 24.2 Å². The number of aliphatic hydroxyl groups is 1. The smallest absolute Gasteiger partial charge is 0.335 e. The third-order valence-electron chi connectivity index (χ3n) is 2.10. The highest BCUT2D eigenvalue weighted by Gasteiger charge is 2.35. The van der Waals surface area contributed by atoms with Gasteiger partial charge in [-0.05, 0) is 34.1 Å². The molecule has 0 heterocycles. The number of rotatable bonds is 5. The van der Waals surface area contributed by atoms with E-state index < -0.39 is 29.6 Å². The van der Waals surface area contributed by atoms with E-state index >= 15 is 0 Å². The maximum Gasteiger partial charge on any atom is 0.335 e. The van der Waals surface area contributed by atoms with E-state index in [1.807, 2.05) is 0 Å². The van der Waals surface area contributed by atoms with Crippen molar-refractivity contribution in [2.24, 2.45) is 5.92 Å². The van der Waals surface area contributed by atoms with Crippen molar-refractivity contribution >= 4 is 11.9 Å². The SMILES string of the molecule is C=C(C)C[C@H](C(=O)OC(C)(C)C)[C@@H](O)C(=O)OC. The lowest BCUT2D eigenvalue weighted by Gasteiger charge is -2.25. The van der Waals surface area contributed by atoms with Crippen LogP contribution in [0.5, 0.6) is 0 Å². The lowest BCUT2D eigenvalue weighted by Crippen LogP contribution is -2.39. The number of hydrogen-bond donors (Lipinski definition) is 1. The van der Waals surface area contributed by atoms with Gasteiger partial charge in [-0.2, -0.15) is 0 Å². The van der Waals surface area contributed by atoms with Crippen LogP contribution in [-0.2, 0) is 19.1 Å². The lowest BCUT2D eigenvalue weighted by atomic mass is 9.95. The molecule has 18 heavy (non-hydrogen) atoms. The number of carbonyl (C=O) groups is 2. The van der Waals surface area contributed by atoms with Crippen LogP contribution in [0.15, 0.2) is 12.2 Å². The third kappa shape index (κ3) is 5.82. The van der Waals surface area contributed by atoms with Crippen LogP contribution in [-0.4, -0.2) is 35.9 Å². The van der Waals surface area contributed by atoms with Crippen LogP contribution in [0.1, 0.15) is 34.1 Å². The van der Waals surface area contributed by atoms with Gasteiger partial charge in [-0.1, -0.05) is 5.57 Å². The van der Waals surface area contributed by atoms with Gasteiger partial charge in [-0.3, -0.25) is 4.79 Å². The van der Waals surface area contributed by atoms with E-state index in [4.69, 9.17) is 4.74 Å².